The molecule has 4 atom stereocenters. The second kappa shape index (κ2) is 8.09. The molecule has 0 spiro atoms. The predicted molar refractivity (Wildman–Crippen MR) is 117 cm³/mol. The molecule has 3 aliphatic carbocycles. The van der Waals surface area contributed by atoms with Crippen molar-refractivity contribution in [3.8, 4) is 5.75 Å². The summed E-state index contributed by atoms with van der Waals surface area (Å²) >= 11 is 0. The molecule has 0 unspecified atom stereocenters. The van der Waals surface area contributed by atoms with Crippen molar-refractivity contribution in [1.29, 1.82) is 0 Å². The Morgan fingerprint density at radius 1 is 1.11 bits per heavy atom. The molecule has 0 amide bonds. The average molecular weight is 482 g/mol. The van der Waals surface area contributed by atoms with Gasteiger partial charge in [0.05, 0.1) is 16.9 Å². The number of carbonyl (C=O) groups excluding carboxylic acids is 2. The maximum Gasteiger partial charge on any atom is 0.334 e. The molecule has 0 fully saturated rings. The molecule has 11 nitrogen and oxygen atoms in total. The summed E-state index contributed by atoms with van der Waals surface area (Å²) in [5.74, 6) is -2.82. The number of esters is 2. The summed E-state index contributed by atoms with van der Waals surface area (Å²) in [6, 6.07) is 3.86. The van der Waals surface area contributed by atoms with Crippen LogP contribution in [0.2, 0.25) is 0 Å². The molecule has 0 bridgehead atoms. The highest BCUT2D eigenvalue weighted by atomic mass is 16.6. The SMILES string of the molecule is CC(=O)O[C@@H]1[C@@H](O)c2c(c(=[N+]=[N-])c3c(=O)c4c(O)cccc4c(=O)c2=3)[C@@H](OC(=O)C(C)C)[C@@]1(C)O. The van der Waals surface area contributed by atoms with Crippen LogP contribution in [0.25, 0.3) is 16.3 Å². The van der Waals surface area contributed by atoms with Crippen molar-refractivity contribution in [3.63, 3.8) is 0 Å². The predicted octanol–water partition coefficient (Wildman–Crippen LogP) is -0.0333. The zero-order chi connectivity index (χ0) is 26.0. The number of aromatic hydroxyl groups is 1. The summed E-state index contributed by atoms with van der Waals surface area (Å²) in [6.45, 7) is 5.23. The molecule has 0 aromatic heterocycles. The molecular formula is C24H22N2O9. The number of fused-ring (bicyclic) bond motifs is 3. The van der Waals surface area contributed by atoms with Crippen LogP contribution in [0.1, 0.15) is 51.0 Å². The Bertz CT molecular complexity index is 1640. The summed E-state index contributed by atoms with van der Waals surface area (Å²) < 4.78 is 10.7. The van der Waals surface area contributed by atoms with E-state index < -0.39 is 69.0 Å². The number of rotatable bonds is 3. The van der Waals surface area contributed by atoms with Crippen molar-refractivity contribution in [2.75, 3.05) is 0 Å². The Labute approximate surface area is 196 Å². The molecule has 1 aromatic rings. The summed E-state index contributed by atoms with van der Waals surface area (Å²) in [5, 5.41) is 31.1. The Morgan fingerprint density at radius 2 is 1.77 bits per heavy atom. The van der Waals surface area contributed by atoms with Gasteiger partial charge in [0.25, 0.3) is 0 Å². The van der Waals surface area contributed by atoms with Crippen LogP contribution in [0.4, 0.5) is 0 Å². The van der Waals surface area contributed by atoms with E-state index in [4.69, 9.17) is 9.47 Å². The van der Waals surface area contributed by atoms with Crippen LogP contribution in [-0.4, -0.2) is 43.8 Å². The Morgan fingerprint density at radius 3 is 2.34 bits per heavy atom. The number of hydrogen-bond donors (Lipinski definition) is 3. The van der Waals surface area contributed by atoms with Crippen molar-refractivity contribution >= 4 is 22.7 Å². The first kappa shape index (κ1) is 24.2. The fraction of sp³-hybridized carbons (Fsp3) is 0.375. The largest absolute Gasteiger partial charge is 0.507 e. The van der Waals surface area contributed by atoms with Crippen molar-refractivity contribution < 1.29 is 39.2 Å². The van der Waals surface area contributed by atoms with E-state index in [9.17, 15) is 40.0 Å². The van der Waals surface area contributed by atoms with Gasteiger partial charge in [-0.3, -0.25) is 19.2 Å². The van der Waals surface area contributed by atoms with Gasteiger partial charge < -0.3 is 30.3 Å². The number of carbonyl (C=O) groups is 2. The topological polar surface area (TPSA) is 184 Å². The minimum absolute atomic E-state index is 0.163. The van der Waals surface area contributed by atoms with Crippen LogP contribution in [0.5, 0.6) is 5.75 Å². The Hall–Kier alpha value is -3.92. The molecule has 35 heavy (non-hydrogen) atoms. The lowest BCUT2D eigenvalue weighted by atomic mass is 9.76. The van der Waals surface area contributed by atoms with Gasteiger partial charge in [0.2, 0.25) is 5.43 Å². The molecule has 0 heterocycles. The monoisotopic (exact) mass is 482 g/mol. The van der Waals surface area contributed by atoms with Gasteiger partial charge in [-0.25, -0.2) is 0 Å². The Balaban J connectivity index is 2.27. The Kier molecular flexibility index (Phi) is 5.60. The molecule has 0 saturated heterocycles. The van der Waals surface area contributed by atoms with Crippen LogP contribution < -0.4 is 16.2 Å². The quantitative estimate of drug-likeness (QED) is 0.262. The summed E-state index contributed by atoms with van der Waals surface area (Å²) in [5.41, 5.74) is 5.42. The number of benzene rings is 1. The van der Waals surface area contributed by atoms with Gasteiger partial charge in [0.1, 0.15) is 22.7 Å². The fourth-order valence-corrected chi connectivity index (χ4v) is 4.72. The number of nitrogens with zero attached hydrogens (tertiary/aromatic N) is 2. The van der Waals surface area contributed by atoms with Gasteiger partial charge in [0.15, 0.2) is 17.6 Å². The smallest absolute Gasteiger partial charge is 0.334 e. The van der Waals surface area contributed by atoms with E-state index in [1.807, 2.05) is 0 Å². The highest BCUT2D eigenvalue weighted by molar-refractivity contribution is 5.88. The average Bonchev–Trinajstić information content (AvgIpc) is 3.13. The molecule has 0 radical (unpaired) electrons. The van der Waals surface area contributed by atoms with E-state index in [-0.39, 0.29) is 27.1 Å². The van der Waals surface area contributed by atoms with Crippen LogP contribution >= 0.6 is 0 Å². The highest BCUT2D eigenvalue weighted by Gasteiger charge is 2.57. The zero-order valence-electron chi connectivity index (χ0n) is 19.2. The highest BCUT2D eigenvalue weighted by Crippen LogP contribution is 2.46. The maximum absolute atomic E-state index is 13.5. The number of phenols is 1. The summed E-state index contributed by atoms with van der Waals surface area (Å²) in [4.78, 5) is 54.4. The van der Waals surface area contributed by atoms with Gasteiger partial charge in [-0.1, -0.05) is 26.0 Å². The lowest BCUT2D eigenvalue weighted by Crippen LogP contribution is -2.55. The molecule has 0 aliphatic heterocycles. The maximum atomic E-state index is 13.5. The summed E-state index contributed by atoms with van der Waals surface area (Å²) in [6.07, 6.45) is -5.28. The number of phenolic OH excluding ortho intramolecular Hbond substituents is 1. The minimum Gasteiger partial charge on any atom is -0.507 e. The molecule has 3 aliphatic rings. The standard InChI is InChI=1S/C24H22N2O9/c1-8(2)23(32)35-21-16-14(20(31)22(24(21,4)33)34-9(3)27)13-15(17(16)26-25)19(30)12-10(18(13)29)6-5-7-11(12)28/h5-8,20-22,28,31,33H,1-4H3/t20-,21+,22+,24+/m0/s1. The van der Waals surface area contributed by atoms with E-state index in [0.29, 0.717) is 0 Å². The third kappa shape index (κ3) is 3.35. The minimum atomic E-state index is -2.26. The normalized spacial score (nSPS) is 23.8. The van der Waals surface area contributed by atoms with E-state index >= 15 is 0 Å². The number of hydrogen-bond acceptors (Lipinski definition) is 9. The molecule has 11 heteroatoms. The molecule has 182 valence electrons. The lowest BCUT2D eigenvalue weighted by molar-refractivity contribution is -0.218. The fourth-order valence-electron chi connectivity index (χ4n) is 4.72. The first-order chi connectivity index (χ1) is 16.3. The number of aliphatic hydroxyl groups excluding tert-OH is 1. The van der Waals surface area contributed by atoms with Gasteiger partial charge in [-0.15, -0.1) is 0 Å². The molecule has 4 rings (SSSR count). The zero-order valence-corrected chi connectivity index (χ0v) is 19.2. The van der Waals surface area contributed by atoms with Gasteiger partial charge in [-0.05, 0) is 13.0 Å². The first-order valence-corrected chi connectivity index (χ1v) is 10.8. The molecule has 3 N–H and O–H groups in total. The second-order valence-electron chi connectivity index (χ2n) is 9.06. The van der Waals surface area contributed by atoms with Crippen molar-refractivity contribution in [1.82, 2.24) is 0 Å². The van der Waals surface area contributed by atoms with Crippen LogP contribution in [-0.2, 0) is 19.1 Å². The lowest BCUT2D eigenvalue weighted by Gasteiger charge is -2.43. The summed E-state index contributed by atoms with van der Waals surface area (Å²) in [7, 11) is 0. The molecule has 1 aromatic carbocycles. The van der Waals surface area contributed by atoms with Crippen molar-refractivity contribution in [2.24, 2.45) is 5.92 Å². The molecule has 0 saturated carbocycles. The van der Waals surface area contributed by atoms with Gasteiger partial charge in [-0.2, -0.15) is 4.79 Å². The molecular weight excluding hydrogens is 460 g/mol. The third-order valence-corrected chi connectivity index (χ3v) is 6.32. The van der Waals surface area contributed by atoms with Crippen molar-refractivity contribution in [2.45, 2.75) is 51.6 Å². The number of aliphatic hydroxyl groups is 2. The van der Waals surface area contributed by atoms with Crippen LogP contribution in [0, 0.1) is 16.4 Å². The van der Waals surface area contributed by atoms with E-state index in [2.05, 4.69) is 4.79 Å². The van der Waals surface area contributed by atoms with Crippen LogP contribution in [0.15, 0.2) is 27.8 Å². The van der Waals surface area contributed by atoms with Crippen molar-refractivity contribution in [3.05, 3.63) is 71.1 Å². The van der Waals surface area contributed by atoms with E-state index in [1.54, 1.807) is 0 Å². The number of ether oxygens (including phenoxy) is 2. The van der Waals surface area contributed by atoms with Gasteiger partial charge >= 0.3 is 17.3 Å². The van der Waals surface area contributed by atoms with E-state index in [1.165, 1.54) is 32.0 Å². The van der Waals surface area contributed by atoms with Gasteiger partial charge in [0, 0.05) is 23.1 Å². The van der Waals surface area contributed by atoms with E-state index in [0.717, 1.165) is 13.8 Å². The second-order valence-corrected chi connectivity index (χ2v) is 9.06. The first-order valence-electron chi connectivity index (χ1n) is 10.8. The van der Waals surface area contributed by atoms with Crippen LogP contribution in [0.3, 0.4) is 0 Å². The third-order valence-electron chi connectivity index (χ3n) is 6.32.